The zero-order chi connectivity index (χ0) is 23.5. The van der Waals surface area contributed by atoms with Crippen LogP contribution in [-0.2, 0) is 16.1 Å². The Morgan fingerprint density at radius 1 is 0.938 bits per heavy atom. The zero-order valence-corrected chi connectivity index (χ0v) is 19.3. The highest BCUT2D eigenvalue weighted by molar-refractivity contribution is 5.88. The molecule has 0 heterocycles. The molecule has 0 spiro atoms. The van der Waals surface area contributed by atoms with E-state index in [1.165, 1.54) is 19.1 Å². The van der Waals surface area contributed by atoms with Crippen molar-refractivity contribution in [1.29, 1.82) is 0 Å². The van der Waals surface area contributed by atoms with E-state index < -0.39 is 6.04 Å². The number of methoxy groups -OCH3 is 3. The van der Waals surface area contributed by atoms with Crippen molar-refractivity contribution in [3.8, 4) is 23.0 Å². The Labute approximate surface area is 189 Å². The van der Waals surface area contributed by atoms with E-state index in [4.69, 9.17) is 18.9 Å². The maximum Gasteiger partial charge on any atom is 0.261 e. The summed E-state index contributed by atoms with van der Waals surface area (Å²) in [5, 5.41) is 2.85. The molecule has 0 saturated carbocycles. The Bertz CT molecular complexity index is 880. The molecule has 2 aromatic rings. The first-order valence-corrected chi connectivity index (χ1v) is 10.5. The fourth-order valence-corrected chi connectivity index (χ4v) is 3.04. The quantitative estimate of drug-likeness (QED) is 0.542. The Kier molecular flexibility index (Phi) is 9.66. The van der Waals surface area contributed by atoms with E-state index in [1.54, 1.807) is 32.2 Å². The minimum atomic E-state index is -0.677. The Morgan fingerprint density at radius 3 is 2.16 bits per heavy atom. The summed E-state index contributed by atoms with van der Waals surface area (Å²) in [4.78, 5) is 27.2. The largest absolute Gasteiger partial charge is 0.497 e. The summed E-state index contributed by atoms with van der Waals surface area (Å²) in [7, 11) is 4.66. The van der Waals surface area contributed by atoms with Gasteiger partial charge in [0.25, 0.3) is 5.91 Å². The van der Waals surface area contributed by atoms with E-state index in [1.807, 2.05) is 31.2 Å². The van der Waals surface area contributed by atoms with Crippen LogP contribution in [-0.4, -0.2) is 57.2 Å². The lowest BCUT2D eigenvalue weighted by molar-refractivity contribution is -0.142. The average molecular weight is 445 g/mol. The molecule has 0 aliphatic rings. The van der Waals surface area contributed by atoms with Crippen molar-refractivity contribution in [3.05, 3.63) is 48.0 Å². The summed E-state index contributed by atoms with van der Waals surface area (Å²) in [5.74, 6) is 1.66. The predicted molar refractivity (Wildman–Crippen MR) is 121 cm³/mol. The molecule has 0 aromatic heterocycles. The second-order valence-electron chi connectivity index (χ2n) is 7.18. The number of hydrogen-bond donors (Lipinski definition) is 1. The summed E-state index contributed by atoms with van der Waals surface area (Å²) < 4.78 is 21.5. The number of carbonyl (C=O) groups is 2. The molecule has 0 aliphatic carbocycles. The average Bonchev–Trinajstić information content (AvgIpc) is 2.83. The van der Waals surface area contributed by atoms with E-state index >= 15 is 0 Å². The first kappa shape index (κ1) is 24.8. The van der Waals surface area contributed by atoms with Gasteiger partial charge in [-0.2, -0.15) is 0 Å². The number of hydrogen-bond acceptors (Lipinski definition) is 6. The van der Waals surface area contributed by atoms with Gasteiger partial charge < -0.3 is 29.2 Å². The Hall–Kier alpha value is -3.42. The van der Waals surface area contributed by atoms with Crippen molar-refractivity contribution in [1.82, 2.24) is 10.2 Å². The molecule has 174 valence electrons. The van der Waals surface area contributed by atoms with E-state index in [2.05, 4.69) is 5.32 Å². The first-order valence-electron chi connectivity index (χ1n) is 10.5. The maximum absolute atomic E-state index is 13.1. The van der Waals surface area contributed by atoms with Gasteiger partial charge in [-0.25, -0.2) is 0 Å². The number of benzene rings is 2. The first-order chi connectivity index (χ1) is 15.4. The minimum Gasteiger partial charge on any atom is -0.497 e. The highest BCUT2D eigenvalue weighted by Crippen LogP contribution is 2.27. The number of carbonyl (C=O) groups excluding carboxylic acids is 2. The normalized spacial score (nSPS) is 11.3. The highest BCUT2D eigenvalue weighted by Gasteiger charge is 2.26. The molecule has 2 rings (SSSR count). The van der Waals surface area contributed by atoms with Crippen molar-refractivity contribution in [2.75, 3.05) is 34.5 Å². The molecule has 0 fully saturated rings. The van der Waals surface area contributed by atoms with Crippen LogP contribution in [0.2, 0.25) is 0 Å². The van der Waals surface area contributed by atoms with Crippen molar-refractivity contribution in [2.24, 2.45) is 0 Å². The van der Waals surface area contributed by atoms with Gasteiger partial charge in [0.15, 0.2) is 6.61 Å². The SMILES string of the molecule is CCCNC(=O)C(C)N(Cc1cccc(OC)c1)C(=O)COc1cc(OC)cc(OC)c1. The molecule has 1 unspecified atom stereocenters. The third-order valence-corrected chi connectivity index (χ3v) is 4.89. The second-order valence-corrected chi connectivity index (χ2v) is 7.18. The standard InChI is InChI=1S/C24H32N2O6/c1-6-10-25-24(28)17(2)26(15-18-8-7-9-19(11-18)29-3)23(27)16-32-22-13-20(30-4)12-21(14-22)31-5/h7-9,11-14,17H,6,10,15-16H2,1-5H3,(H,25,28). The van der Waals surface area contributed by atoms with Crippen molar-refractivity contribution >= 4 is 11.8 Å². The molecule has 8 nitrogen and oxygen atoms in total. The molecule has 1 atom stereocenters. The number of rotatable bonds is 12. The van der Waals surface area contributed by atoms with Gasteiger partial charge in [-0.15, -0.1) is 0 Å². The van der Waals surface area contributed by atoms with Gasteiger partial charge in [-0.3, -0.25) is 9.59 Å². The van der Waals surface area contributed by atoms with Gasteiger partial charge in [0, 0.05) is 31.3 Å². The molecule has 0 radical (unpaired) electrons. The highest BCUT2D eigenvalue weighted by atomic mass is 16.5. The van der Waals surface area contributed by atoms with Crippen LogP contribution in [0, 0.1) is 0 Å². The summed E-state index contributed by atoms with van der Waals surface area (Å²) in [5.41, 5.74) is 0.843. The summed E-state index contributed by atoms with van der Waals surface area (Å²) in [6, 6.07) is 11.8. The maximum atomic E-state index is 13.1. The minimum absolute atomic E-state index is 0.217. The lowest BCUT2D eigenvalue weighted by atomic mass is 10.1. The van der Waals surface area contributed by atoms with E-state index in [0.717, 1.165) is 12.0 Å². The Balaban J connectivity index is 2.19. The van der Waals surface area contributed by atoms with E-state index in [-0.39, 0.29) is 25.0 Å². The van der Waals surface area contributed by atoms with Crippen LogP contribution in [0.1, 0.15) is 25.8 Å². The zero-order valence-electron chi connectivity index (χ0n) is 19.3. The van der Waals surface area contributed by atoms with Gasteiger partial charge >= 0.3 is 0 Å². The van der Waals surface area contributed by atoms with Crippen LogP contribution in [0.3, 0.4) is 0 Å². The lowest BCUT2D eigenvalue weighted by Crippen LogP contribution is -2.49. The van der Waals surface area contributed by atoms with E-state index in [9.17, 15) is 9.59 Å². The monoisotopic (exact) mass is 444 g/mol. The van der Waals surface area contributed by atoms with Crippen molar-refractivity contribution < 1.29 is 28.5 Å². The van der Waals surface area contributed by atoms with Gasteiger partial charge in [-0.1, -0.05) is 19.1 Å². The van der Waals surface area contributed by atoms with Crippen molar-refractivity contribution in [2.45, 2.75) is 32.9 Å². The number of amides is 2. The number of nitrogens with zero attached hydrogens (tertiary/aromatic N) is 1. The topological polar surface area (TPSA) is 86.3 Å². The third-order valence-electron chi connectivity index (χ3n) is 4.89. The molecule has 2 aromatic carbocycles. The number of ether oxygens (including phenoxy) is 4. The van der Waals surface area contributed by atoms with Crippen LogP contribution in [0.25, 0.3) is 0 Å². The third kappa shape index (κ3) is 7.08. The van der Waals surface area contributed by atoms with Crippen LogP contribution >= 0.6 is 0 Å². The molecule has 0 aliphatic heterocycles. The molecule has 8 heteroatoms. The summed E-state index contributed by atoms with van der Waals surface area (Å²) >= 11 is 0. The van der Waals surface area contributed by atoms with Crippen LogP contribution in [0.4, 0.5) is 0 Å². The Morgan fingerprint density at radius 2 is 1.56 bits per heavy atom. The molecule has 2 amide bonds. The molecular formula is C24H32N2O6. The van der Waals surface area contributed by atoms with Gasteiger partial charge in [-0.05, 0) is 31.0 Å². The smallest absolute Gasteiger partial charge is 0.261 e. The van der Waals surface area contributed by atoms with Gasteiger partial charge in [0.1, 0.15) is 29.0 Å². The summed E-state index contributed by atoms with van der Waals surface area (Å²) in [6.45, 7) is 4.22. The van der Waals surface area contributed by atoms with E-state index in [0.29, 0.717) is 29.5 Å². The van der Waals surface area contributed by atoms with Gasteiger partial charge in [0.2, 0.25) is 5.91 Å². The molecular weight excluding hydrogens is 412 g/mol. The molecule has 0 saturated heterocycles. The van der Waals surface area contributed by atoms with Crippen LogP contribution in [0.5, 0.6) is 23.0 Å². The van der Waals surface area contributed by atoms with Gasteiger partial charge in [0.05, 0.1) is 21.3 Å². The predicted octanol–water partition coefficient (Wildman–Crippen LogP) is 3.03. The van der Waals surface area contributed by atoms with Crippen LogP contribution < -0.4 is 24.3 Å². The lowest BCUT2D eigenvalue weighted by Gasteiger charge is -2.29. The fraction of sp³-hybridized carbons (Fsp3) is 0.417. The number of nitrogens with one attached hydrogen (secondary N) is 1. The molecule has 0 bridgehead atoms. The molecule has 32 heavy (non-hydrogen) atoms. The second kappa shape index (κ2) is 12.4. The van der Waals surface area contributed by atoms with Crippen LogP contribution in [0.15, 0.2) is 42.5 Å². The fourth-order valence-electron chi connectivity index (χ4n) is 3.04. The summed E-state index contributed by atoms with van der Waals surface area (Å²) in [6.07, 6.45) is 0.809. The molecule has 1 N–H and O–H groups in total. The van der Waals surface area contributed by atoms with Crippen molar-refractivity contribution in [3.63, 3.8) is 0 Å².